The molecule has 0 atom stereocenters. The first kappa shape index (κ1) is 13.0. The Morgan fingerprint density at radius 3 is 2.41 bits per heavy atom. The third-order valence-electron chi connectivity index (χ3n) is 2.96. The van der Waals surface area contributed by atoms with E-state index in [4.69, 9.17) is 10.00 Å². The van der Waals surface area contributed by atoms with Crippen molar-refractivity contribution in [2.75, 3.05) is 19.1 Å². The lowest BCUT2D eigenvalue weighted by atomic mass is 10.0. The number of anilines is 1. The van der Waals surface area contributed by atoms with Gasteiger partial charge in [0.25, 0.3) is 0 Å². The molecule has 0 aliphatic carbocycles. The largest absolute Gasteiger partial charge is 0.496 e. The normalized spacial score (nSPS) is 9.65. The molecule has 0 heterocycles. The second-order valence-corrected chi connectivity index (χ2v) is 3.97. The Balaban J connectivity index is 3.41. The maximum absolute atomic E-state index is 11.4. The minimum atomic E-state index is -0.569. The second kappa shape index (κ2) is 4.88. The molecule has 17 heavy (non-hydrogen) atoms. The van der Waals surface area contributed by atoms with E-state index >= 15 is 0 Å². The summed E-state index contributed by atoms with van der Waals surface area (Å²) >= 11 is 0. The Morgan fingerprint density at radius 2 is 1.94 bits per heavy atom. The zero-order chi connectivity index (χ0) is 13.2. The molecule has 0 fully saturated rings. The summed E-state index contributed by atoms with van der Waals surface area (Å²) in [6, 6.07) is 3.50. The quantitative estimate of drug-likeness (QED) is 0.734. The number of aryl methyl sites for hydroxylation is 1. The van der Waals surface area contributed by atoms with Gasteiger partial charge in [-0.2, -0.15) is 5.26 Å². The lowest BCUT2D eigenvalue weighted by Gasteiger charge is -2.22. The molecular formula is C13H16N2O2. The number of nitriles is 1. The first-order chi connectivity index (χ1) is 7.93. The zero-order valence-electron chi connectivity index (χ0n) is 10.8. The first-order valence-corrected chi connectivity index (χ1v) is 5.26. The number of benzene rings is 1. The third kappa shape index (κ3) is 2.23. The molecule has 0 saturated heterocycles. The Hall–Kier alpha value is -2.02. The van der Waals surface area contributed by atoms with Gasteiger partial charge in [0, 0.05) is 7.05 Å². The number of nitrogens with zero attached hydrogens (tertiary/aromatic N) is 2. The van der Waals surface area contributed by atoms with Crippen LogP contribution in [0.5, 0.6) is 5.75 Å². The van der Waals surface area contributed by atoms with Crippen LogP contribution in [0.4, 0.5) is 5.69 Å². The Morgan fingerprint density at radius 1 is 1.35 bits per heavy atom. The molecule has 4 heteroatoms. The van der Waals surface area contributed by atoms with Gasteiger partial charge in [0.05, 0.1) is 12.8 Å². The van der Waals surface area contributed by atoms with Crippen molar-refractivity contribution in [3.63, 3.8) is 0 Å². The summed E-state index contributed by atoms with van der Waals surface area (Å²) in [7, 11) is 3.22. The Labute approximate surface area is 101 Å². The molecule has 4 nitrogen and oxygen atoms in total. The van der Waals surface area contributed by atoms with Gasteiger partial charge in [0.15, 0.2) is 6.07 Å². The lowest BCUT2D eigenvalue weighted by Crippen LogP contribution is -2.26. The molecule has 0 N–H and O–H groups in total. The molecule has 0 bridgehead atoms. The SMILES string of the molecule is COc1cc(C)c(N(C)C(=O)C#N)c(C)c1C. The summed E-state index contributed by atoms with van der Waals surface area (Å²) in [4.78, 5) is 12.8. The van der Waals surface area contributed by atoms with E-state index in [1.54, 1.807) is 20.2 Å². The molecule has 0 spiro atoms. The van der Waals surface area contributed by atoms with Crippen LogP contribution in [0.2, 0.25) is 0 Å². The van der Waals surface area contributed by atoms with Crippen molar-refractivity contribution in [1.29, 1.82) is 5.26 Å². The van der Waals surface area contributed by atoms with Crippen LogP contribution in [0.3, 0.4) is 0 Å². The topological polar surface area (TPSA) is 53.3 Å². The van der Waals surface area contributed by atoms with Crippen LogP contribution in [0.25, 0.3) is 0 Å². The standard InChI is InChI=1S/C13H16N2O2/c1-8-6-11(17-5)9(2)10(3)13(8)15(4)12(16)7-14/h6H,1-5H3. The van der Waals surface area contributed by atoms with Crippen molar-refractivity contribution in [3.8, 4) is 11.8 Å². The number of carbonyl (C=O) groups excluding carboxylic acids is 1. The molecule has 0 unspecified atom stereocenters. The van der Waals surface area contributed by atoms with E-state index in [0.717, 1.165) is 28.1 Å². The van der Waals surface area contributed by atoms with E-state index in [0.29, 0.717) is 0 Å². The molecular weight excluding hydrogens is 216 g/mol. The second-order valence-electron chi connectivity index (χ2n) is 3.97. The predicted molar refractivity (Wildman–Crippen MR) is 66.2 cm³/mol. The van der Waals surface area contributed by atoms with Crippen LogP contribution < -0.4 is 9.64 Å². The zero-order valence-corrected chi connectivity index (χ0v) is 10.8. The molecule has 0 saturated carbocycles. The third-order valence-corrected chi connectivity index (χ3v) is 2.96. The van der Waals surface area contributed by atoms with Gasteiger partial charge in [0.2, 0.25) is 0 Å². The average molecular weight is 232 g/mol. The van der Waals surface area contributed by atoms with E-state index in [2.05, 4.69) is 0 Å². The molecule has 1 rings (SSSR count). The van der Waals surface area contributed by atoms with E-state index in [1.807, 2.05) is 26.8 Å². The van der Waals surface area contributed by atoms with Gasteiger partial charge >= 0.3 is 5.91 Å². The smallest absolute Gasteiger partial charge is 0.329 e. The van der Waals surface area contributed by atoms with Crippen molar-refractivity contribution in [2.24, 2.45) is 0 Å². The fraction of sp³-hybridized carbons (Fsp3) is 0.385. The van der Waals surface area contributed by atoms with Gasteiger partial charge in [-0.3, -0.25) is 4.79 Å². The highest BCUT2D eigenvalue weighted by atomic mass is 16.5. The van der Waals surface area contributed by atoms with Crippen LogP contribution in [-0.2, 0) is 4.79 Å². The van der Waals surface area contributed by atoms with Gasteiger partial charge in [-0.25, -0.2) is 0 Å². The highest BCUT2D eigenvalue weighted by Gasteiger charge is 2.18. The van der Waals surface area contributed by atoms with Gasteiger partial charge in [-0.1, -0.05) is 0 Å². The highest BCUT2D eigenvalue weighted by molar-refractivity contribution is 6.05. The van der Waals surface area contributed by atoms with Crippen LogP contribution in [-0.4, -0.2) is 20.1 Å². The molecule has 0 aromatic heterocycles. The molecule has 0 radical (unpaired) electrons. The van der Waals surface area contributed by atoms with E-state index in [9.17, 15) is 4.79 Å². The minimum absolute atomic E-state index is 0.569. The van der Waals surface area contributed by atoms with Crippen LogP contribution in [0.15, 0.2) is 6.07 Å². The van der Waals surface area contributed by atoms with Crippen molar-refractivity contribution in [2.45, 2.75) is 20.8 Å². The monoisotopic (exact) mass is 232 g/mol. The Kier molecular flexibility index (Phi) is 3.74. The maximum Gasteiger partial charge on any atom is 0.329 e. The first-order valence-electron chi connectivity index (χ1n) is 5.26. The summed E-state index contributed by atoms with van der Waals surface area (Å²) in [5, 5.41) is 8.65. The van der Waals surface area contributed by atoms with Gasteiger partial charge in [-0.15, -0.1) is 0 Å². The number of ether oxygens (including phenoxy) is 1. The number of rotatable bonds is 2. The lowest BCUT2D eigenvalue weighted by molar-refractivity contribution is -0.113. The summed E-state index contributed by atoms with van der Waals surface area (Å²) in [6.07, 6.45) is 0. The summed E-state index contributed by atoms with van der Waals surface area (Å²) in [6.45, 7) is 5.74. The maximum atomic E-state index is 11.4. The van der Waals surface area contributed by atoms with Crippen molar-refractivity contribution in [1.82, 2.24) is 0 Å². The van der Waals surface area contributed by atoms with E-state index in [-0.39, 0.29) is 0 Å². The van der Waals surface area contributed by atoms with Crippen LogP contribution in [0, 0.1) is 32.1 Å². The van der Waals surface area contributed by atoms with Gasteiger partial charge < -0.3 is 9.64 Å². The minimum Gasteiger partial charge on any atom is -0.496 e. The van der Waals surface area contributed by atoms with Crippen molar-refractivity contribution >= 4 is 11.6 Å². The summed E-state index contributed by atoms with van der Waals surface area (Å²) in [5.41, 5.74) is 3.62. The fourth-order valence-electron chi connectivity index (χ4n) is 1.94. The molecule has 1 aromatic rings. The van der Waals surface area contributed by atoms with E-state index < -0.39 is 5.91 Å². The molecule has 1 aromatic carbocycles. The van der Waals surface area contributed by atoms with Gasteiger partial charge in [-0.05, 0) is 43.5 Å². The highest BCUT2D eigenvalue weighted by Crippen LogP contribution is 2.33. The number of methoxy groups -OCH3 is 1. The number of carbonyl (C=O) groups is 1. The fourth-order valence-corrected chi connectivity index (χ4v) is 1.94. The van der Waals surface area contributed by atoms with Gasteiger partial charge in [0.1, 0.15) is 5.75 Å². The number of hydrogen-bond acceptors (Lipinski definition) is 3. The summed E-state index contributed by atoms with van der Waals surface area (Å²) < 4.78 is 5.26. The predicted octanol–water partition coefficient (Wildman–Crippen LogP) is 2.11. The van der Waals surface area contributed by atoms with Crippen molar-refractivity contribution < 1.29 is 9.53 Å². The molecule has 1 amide bonds. The number of amides is 1. The molecule has 90 valence electrons. The van der Waals surface area contributed by atoms with Crippen LogP contribution in [0.1, 0.15) is 16.7 Å². The van der Waals surface area contributed by atoms with Crippen LogP contribution >= 0.6 is 0 Å². The average Bonchev–Trinajstić information content (AvgIpc) is 2.32. The molecule has 0 aliphatic heterocycles. The Bertz CT molecular complexity index is 501. The van der Waals surface area contributed by atoms with Crippen molar-refractivity contribution in [3.05, 3.63) is 22.8 Å². The number of hydrogen-bond donors (Lipinski definition) is 0. The summed E-state index contributed by atoms with van der Waals surface area (Å²) in [5.74, 6) is 0.224. The molecule has 0 aliphatic rings. The van der Waals surface area contributed by atoms with E-state index in [1.165, 1.54) is 4.90 Å².